The second-order valence-electron chi connectivity index (χ2n) is 10.4. The molecule has 7 rings (SSSR count). The number of hydrogen-bond donors (Lipinski definition) is 3. The lowest BCUT2D eigenvalue weighted by Crippen LogP contribution is -2.28. The first-order chi connectivity index (χ1) is 20.2. The largest absolute Gasteiger partial charge is 0.455 e. The van der Waals surface area contributed by atoms with Gasteiger partial charge in [-0.05, 0) is 79.4 Å². The van der Waals surface area contributed by atoms with Gasteiger partial charge in [0, 0.05) is 45.9 Å². The Labute approximate surface area is 237 Å². The fraction of sp³-hybridized carbons (Fsp3) is 0.147. The Morgan fingerprint density at radius 2 is 1.66 bits per heavy atom. The van der Waals surface area contributed by atoms with Crippen LogP contribution in [0.3, 0.4) is 0 Å². The summed E-state index contributed by atoms with van der Waals surface area (Å²) < 4.78 is 6.19. The molecule has 0 bridgehead atoms. The van der Waals surface area contributed by atoms with E-state index in [1.54, 1.807) is 6.33 Å². The van der Waals surface area contributed by atoms with Crippen molar-refractivity contribution in [1.29, 1.82) is 0 Å². The van der Waals surface area contributed by atoms with Gasteiger partial charge in [-0.25, -0.2) is 9.97 Å². The second kappa shape index (κ2) is 10.9. The van der Waals surface area contributed by atoms with Crippen molar-refractivity contribution in [3.8, 4) is 11.3 Å². The second-order valence-corrected chi connectivity index (χ2v) is 10.4. The molecular formula is C34H29N5O2. The molecule has 1 atom stereocenters. The van der Waals surface area contributed by atoms with Gasteiger partial charge in [0.25, 0.3) is 5.91 Å². The molecule has 202 valence electrons. The standard InChI is InChI=1S/C34H29N5O2/c40-34(23-12-10-22(11-13-23)24-5-4-18-35-20-24)39-26-16-14-25(15-17-26)38-32-19-30(36-21-37-32)29-8-3-7-28-27-6-1-2-9-31(27)41-33(28)29/h1-3,6-17,19,21,24,35H,4-5,18,20H2,(H,39,40)(H,36,37,38). The molecule has 0 spiro atoms. The highest BCUT2D eigenvalue weighted by Crippen LogP contribution is 2.35. The predicted octanol–water partition coefficient (Wildman–Crippen LogP) is 7.51. The van der Waals surface area contributed by atoms with Crippen LogP contribution in [0.2, 0.25) is 0 Å². The molecule has 1 aliphatic heterocycles. The van der Waals surface area contributed by atoms with E-state index in [0.717, 1.165) is 57.7 Å². The fourth-order valence-electron chi connectivity index (χ4n) is 5.55. The van der Waals surface area contributed by atoms with Crippen molar-refractivity contribution in [3.05, 3.63) is 115 Å². The van der Waals surface area contributed by atoms with Crippen LogP contribution in [-0.2, 0) is 0 Å². The number of nitrogens with zero attached hydrogens (tertiary/aromatic N) is 2. The summed E-state index contributed by atoms with van der Waals surface area (Å²) in [6.45, 7) is 2.09. The van der Waals surface area contributed by atoms with Crippen molar-refractivity contribution in [2.24, 2.45) is 0 Å². The molecule has 0 radical (unpaired) electrons. The number of carbonyl (C=O) groups excluding carboxylic acids is 1. The molecule has 2 aromatic heterocycles. The van der Waals surface area contributed by atoms with E-state index in [4.69, 9.17) is 4.42 Å². The van der Waals surface area contributed by atoms with E-state index in [0.29, 0.717) is 17.3 Å². The van der Waals surface area contributed by atoms with Gasteiger partial charge >= 0.3 is 0 Å². The molecule has 1 fully saturated rings. The normalized spacial score (nSPS) is 15.2. The van der Waals surface area contributed by atoms with Crippen molar-refractivity contribution in [3.63, 3.8) is 0 Å². The molecular weight excluding hydrogens is 510 g/mol. The first kappa shape index (κ1) is 25.0. The number of anilines is 3. The summed E-state index contributed by atoms with van der Waals surface area (Å²) in [6.07, 6.45) is 3.92. The average Bonchev–Trinajstić information content (AvgIpc) is 3.42. The number of rotatable bonds is 6. The van der Waals surface area contributed by atoms with Gasteiger partial charge in [0.1, 0.15) is 23.3 Å². The predicted molar refractivity (Wildman–Crippen MR) is 164 cm³/mol. The van der Waals surface area contributed by atoms with Crippen LogP contribution in [0.25, 0.3) is 33.2 Å². The quantitative estimate of drug-likeness (QED) is 0.203. The Balaban J connectivity index is 1.04. The molecule has 7 nitrogen and oxygen atoms in total. The van der Waals surface area contributed by atoms with Crippen LogP contribution in [0.4, 0.5) is 17.2 Å². The lowest BCUT2D eigenvalue weighted by atomic mass is 9.91. The minimum atomic E-state index is -0.126. The van der Waals surface area contributed by atoms with Crippen molar-refractivity contribution in [2.75, 3.05) is 23.7 Å². The number of para-hydroxylation sites is 2. The molecule has 3 heterocycles. The monoisotopic (exact) mass is 539 g/mol. The number of piperidine rings is 1. The molecule has 1 unspecified atom stereocenters. The fourth-order valence-corrected chi connectivity index (χ4v) is 5.55. The smallest absolute Gasteiger partial charge is 0.255 e. The van der Waals surface area contributed by atoms with Crippen LogP contribution in [0.15, 0.2) is 108 Å². The van der Waals surface area contributed by atoms with E-state index >= 15 is 0 Å². The maximum absolute atomic E-state index is 12.8. The highest BCUT2D eigenvalue weighted by Gasteiger charge is 2.16. The lowest BCUT2D eigenvalue weighted by molar-refractivity contribution is 0.102. The van der Waals surface area contributed by atoms with E-state index in [1.165, 1.54) is 18.4 Å². The third-order valence-electron chi connectivity index (χ3n) is 7.70. The van der Waals surface area contributed by atoms with Crippen LogP contribution >= 0.6 is 0 Å². The average molecular weight is 540 g/mol. The number of hydrogen-bond acceptors (Lipinski definition) is 6. The molecule has 1 saturated heterocycles. The maximum Gasteiger partial charge on any atom is 0.255 e. The Hall–Kier alpha value is -5.01. The minimum Gasteiger partial charge on any atom is -0.455 e. The third kappa shape index (κ3) is 5.15. The number of aromatic nitrogens is 2. The SMILES string of the molecule is O=C(Nc1ccc(Nc2cc(-c3cccc4c3oc3ccccc34)ncn2)cc1)c1ccc(C2CCCNC2)cc1. The minimum absolute atomic E-state index is 0.126. The molecule has 41 heavy (non-hydrogen) atoms. The Morgan fingerprint density at radius 3 is 2.49 bits per heavy atom. The van der Waals surface area contributed by atoms with Crippen molar-refractivity contribution < 1.29 is 9.21 Å². The lowest BCUT2D eigenvalue weighted by Gasteiger charge is -2.23. The Kier molecular flexibility index (Phi) is 6.62. The molecule has 1 aliphatic rings. The number of furan rings is 1. The van der Waals surface area contributed by atoms with Crippen LogP contribution in [0.5, 0.6) is 0 Å². The highest BCUT2D eigenvalue weighted by molar-refractivity contribution is 6.09. The summed E-state index contributed by atoms with van der Waals surface area (Å²) in [5, 5.41) is 11.9. The molecule has 0 aliphatic carbocycles. The molecule has 0 saturated carbocycles. The number of fused-ring (bicyclic) bond motifs is 3. The van der Waals surface area contributed by atoms with Crippen molar-refractivity contribution in [2.45, 2.75) is 18.8 Å². The first-order valence-corrected chi connectivity index (χ1v) is 13.9. The van der Waals surface area contributed by atoms with Gasteiger partial charge in [-0.15, -0.1) is 0 Å². The van der Waals surface area contributed by atoms with E-state index in [-0.39, 0.29) is 5.91 Å². The molecule has 7 heteroatoms. The maximum atomic E-state index is 12.8. The van der Waals surface area contributed by atoms with Gasteiger partial charge < -0.3 is 20.4 Å². The zero-order chi connectivity index (χ0) is 27.6. The van der Waals surface area contributed by atoms with Crippen LogP contribution < -0.4 is 16.0 Å². The van der Waals surface area contributed by atoms with Gasteiger partial charge in [0.15, 0.2) is 0 Å². The third-order valence-corrected chi connectivity index (χ3v) is 7.70. The summed E-state index contributed by atoms with van der Waals surface area (Å²) in [6, 6.07) is 31.6. The van der Waals surface area contributed by atoms with Crippen LogP contribution in [0.1, 0.15) is 34.7 Å². The van der Waals surface area contributed by atoms with E-state index < -0.39 is 0 Å². The topological polar surface area (TPSA) is 92.1 Å². The number of amides is 1. The zero-order valence-corrected chi connectivity index (χ0v) is 22.4. The number of nitrogens with one attached hydrogen (secondary N) is 3. The zero-order valence-electron chi connectivity index (χ0n) is 22.4. The van der Waals surface area contributed by atoms with Crippen LogP contribution in [0, 0.1) is 0 Å². The van der Waals surface area contributed by atoms with Gasteiger partial charge in [-0.3, -0.25) is 4.79 Å². The number of carbonyl (C=O) groups is 1. The van der Waals surface area contributed by atoms with Gasteiger partial charge in [0.2, 0.25) is 0 Å². The Bertz CT molecular complexity index is 1840. The molecule has 3 N–H and O–H groups in total. The van der Waals surface area contributed by atoms with E-state index in [2.05, 4.69) is 50.2 Å². The number of benzene rings is 4. The molecule has 4 aromatic carbocycles. The summed E-state index contributed by atoms with van der Waals surface area (Å²) in [7, 11) is 0. The van der Waals surface area contributed by atoms with Gasteiger partial charge in [-0.1, -0.05) is 42.5 Å². The summed E-state index contributed by atoms with van der Waals surface area (Å²) in [4.78, 5) is 21.8. The Morgan fingerprint density at radius 1 is 0.854 bits per heavy atom. The van der Waals surface area contributed by atoms with Crippen LogP contribution in [-0.4, -0.2) is 29.0 Å². The van der Waals surface area contributed by atoms with Gasteiger partial charge in [-0.2, -0.15) is 0 Å². The summed E-state index contributed by atoms with van der Waals surface area (Å²) in [5.74, 6) is 1.05. The summed E-state index contributed by atoms with van der Waals surface area (Å²) in [5.41, 5.74) is 6.83. The van der Waals surface area contributed by atoms with Crippen molar-refractivity contribution in [1.82, 2.24) is 15.3 Å². The van der Waals surface area contributed by atoms with Gasteiger partial charge in [0.05, 0.1) is 5.69 Å². The molecule has 6 aromatic rings. The van der Waals surface area contributed by atoms with E-state index in [9.17, 15) is 4.79 Å². The van der Waals surface area contributed by atoms with Crippen molar-refractivity contribution >= 4 is 45.0 Å². The molecule has 1 amide bonds. The van der Waals surface area contributed by atoms with E-state index in [1.807, 2.05) is 72.8 Å². The summed E-state index contributed by atoms with van der Waals surface area (Å²) >= 11 is 0. The first-order valence-electron chi connectivity index (χ1n) is 13.9. The highest BCUT2D eigenvalue weighted by atomic mass is 16.3.